The van der Waals surface area contributed by atoms with Gasteiger partial charge in [-0.3, -0.25) is 9.59 Å². The second-order valence-corrected chi connectivity index (χ2v) is 6.91. The minimum Gasteiger partial charge on any atom is -0.356 e. The molecule has 1 aliphatic rings. The third-order valence-corrected chi connectivity index (χ3v) is 3.85. The minimum atomic E-state index is -0.663. The van der Waals surface area contributed by atoms with Crippen LogP contribution in [0.4, 0.5) is 0 Å². The van der Waals surface area contributed by atoms with Crippen molar-refractivity contribution in [2.75, 3.05) is 6.54 Å². The summed E-state index contributed by atoms with van der Waals surface area (Å²) in [5, 5.41) is 15.0. The zero-order chi connectivity index (χ0) is 15.9. The summed E-state index contributed by atoms with van der Waals surface area (Å²) < 4.78 is 0. The number of hydrogen-bond donors (Lipinski definition) is 2. The van der Waals surface area contributed by atoms with Crippen molar-refractivity contribution in [1.82, 2.24) is 10.6 Å². The number of nitrogens with one attached hydrogen (secondary N) is 2. The Morgan fingerprint density at radius 3 is 2.33 bits per heavy atom. The maximum Gasteiger partial charge on any atom is 0.225 e. The van der Waals surface area contributed by atoms with E-state index in [0.717, 1.165) is 32.1 Å². The van der Waals surface area contributed by atoms with Crippen molar-refractivity contribution in [2.24, 2.45) is 5.41 Å². The number of amides is 2. The van der Waals surface area contributed by atoms with Crippen molar-refractivity contribution < 1.29 is 9.59 Å². The fraction of sp³-hybridized carbons (Fsp3) is 0.812. The third kappa shape index (κ3) is 5.74. The first-order valence-corrected chi connectivity index (χ1v) is 7.80. The molecule has 0 aliphatic heterocycles. The van der Waals surface area contributed by atoms with E-state index in [1.165, 1.54) is 0 Å². The summed E-state index contributed by atoms with van der Waals surface area (Å²) in [6.07, 6.45) is 5.55. The number of nitriles is 1. The van der Waals surface area contributed by atoms with Crippen LogP contribution in [0.2, 0.25) is 0 Å². The van der Waals surface area contributed by atoms with Crippen LogP contribution in [0.5, 0.6) is 0 Å². The van der Waals surface area contributed by atoms with Gasteiger partial charge in [-0.25, -0.2) is 0 Å². The van der Waals surface area contributed by atoms with E-state index in [0.29, 0.717) is 19.4 Å². The number of carbonyl (C=O) groups excluding carboxylic acids is 2. The van der Waals surface area contributed by atoms with Gasteiger partial charge in [0.1, 0.15) is 5.54 Å². The first-order chi connectivity index (χ1) is 9.79. The van der Waals surface area contributed by atoms with Gasteiger partial charge in [0.05, 0.1) is 6.07 Å². The van der Waals surface area contributed by atoms with Crippen molar-refractivity contribution in [3.63, 3.8) is 0 Å². The molecule has 0 spiro atoms. The van der Waals surface area contributed by atoms with E-state index in [1.54, 1.807) is 0 Å². The van der Waals surface area contributed by atoms with Gasteiger partial charge in [-0.15, -0.1) is 0 Å². The monoisotopic (exact) mass is 293 g/mol. The molecule has 5 heteroatoms. The molecule has 0 atom stereocenters. The van der Waals surface area contributed by atoms with E-state index >= 15 is 0 Å². The molecule has 0 aromatic rings. The fourth-order valence-electron chi connectivity index (χ4n) is 2.47. The van der Waals surface area contributed by atoms with Crippen molar-refractivity contribution >= 4 is 11.8 Å². The van der Waals surface area contributed by atoms with Gasteiger partial charge < -0.3 is 10.6 Å². The number of carbonyl (C=O) groups is 2. The predicted octanol–water partition coefficient (Wildman–Crippen LogP) is 2.27. The van der Waals surface area contributed by atoms with Gasteiger partial charge in [0.2, 0.25) is 11.8 Å². The molecule has 0 radical (unpaired) electrons. The Labute approximate surface area is 127 Å². The summed E-state index contributed by atoms with van der Waals surface area (Å²) in [7, 11) is 0. The molecule has 0 aromatic heterocycles. The van der Waals surface area contributed by atoms with E-state index in [2.05, 4.69) is 16.7 Å². The van der Waals surface area contributed by atoms with Crippen LogP contribution in [-0.2, 0) is 9.59 Å². The van der Waals surface area contributed by atoms with Crippen LogP contribution >= 0.6 is 0 Å². The Balaban J connectivity index is 2.28. The number of hydrogen-bond acceptors (Lipinski definition) is 3. The van der Waals surface area contributed by atoms with Crippen LogP contribution < -0.4 is 10.6 Å². The average Bonchev–Trinajstić information content (AvgIpc) is 2.43. The molecule has 0 unspecified atom stereocenters. The third-order valence-electron chi connectivity index (χ3n) is 3.85. The molecule has 1 saturated carbocycles. The van der Waals surface area contributed by atoms with E-state index in [-0.39, 0.29) is 11.8 Å². The number of nitrogens with zero attached hydrogens (tertiary/aromatic N) is 1. The highest BCUT2D eigenvalue weighted by atomic mass is 16.2. The maximum absolute atomic E-state index is 11.9. The van der Waals surface area contributed by atoms with E-state index < -0.39 is 11.0 Å². The Morgan fingerprint density at radius 1 is 1.19 bits per heavy atom. The van der Waals surface area contributed by atoms with Crippen molar-refractivity contribution in [3.8, 4) is 6.07 Å². The zero-order valence-corrected chi connectivity index (χ0v) is 13.4. The second kappa shape index (κ2) is 7.44. The fourth-order valence-corrected chi connectivity index (χ4v) is 2.47. The Morgan fingerprint density at radius 2 is 1.81 bits per heavy atom. The summed E-state index contributed by atoms with van der Waals surface area (Å²) >= 11 is 0. The van der Waals surface area contributed by atoms with E-state index in [4.69, 9.17) is 0 Å². The average molecular weight is 293 g/mol. The summed E-state index contributed by atoms with van der Waals surface area (Å²) in [5.41, 5.74) is -1.07. The lowest BCUT2D eigenvalue weighted by atomic mass is 9.83. The largest absolute Gasteiger partial charge is 0.356 e. The predicted molar refractivity (Wildman–Crippen MR) is 81.3 cm³/mol. The van der Waals surface area contributed by atoms with Gasteiger partial charge in [-0.05, 0) is 19.3 Å². The molecule has 1 fully saturated rings. The van der Waals surface area contributed by atoms with Gasteiger partial charge in [0.25, 0.3) is 0 Å². The van der Waals surface area contributed by atoms with Crippen LogP contribution in [0.1, 0.15) is 65.7 Å². The molecular weight excluding hydrogens is 266 g/mol. The lowest BCUT2D eigenvalue weighted by Crippen LogP contribution is -2.48. The summed E-state index contributed by atoms with van der Waals surface area (Å²) in [6.45, 7) is 6.06. The molecule has 0 heterocycles. The van der Waals surface area contributed by atoms with Crippen LogP contribution in [0.15, 0.2) is 0 Å². The highest BCUT2D eigenvalue weighted by molar-refractivity contribution is 5.81. The van der Waals surface area contributed by atoms with Crippen LogP contribution in [0.25, 0.3) is 0 Å². The molecule has 5 nitrogen and oxygen atoms in total. The molecule has 1 rings (SSSR count). The molecular formula is C16H27N3O2. The molecule has 2 amide bonds. The maximum atomic E-state index is 11.9. The zero-order valence-electron chi connectivity index (χ0n) is 13.4. The standard InChI is InChI=1S/C16H27N3O2/c1-15(2,3)14(21)18-11-7-8-13(20)19-16(12-17)9-5-4-6-10-16/h4-11H2,1-3H3,(H,18,21)(H,19,20). The summed E-state index contributed by atoms with van der Waals surface area (Å²) in [4.78, 5) is 23.6. The normalized spacial score (nSPS) is 17.6. The van der Waals surface area contributed by atoms with Crippen LogP contribution in [0.3, 0.4) is 0 Å². The lowest BCUT2D eigenvalue weighted by molar-refractivity contribution is -0.129. The lowest BCUT2D eigenvalue weighted by Gasteiger charge is -2.31. The first-order valence-electron chi connectivity index (χ1n) is 7.80. The number of rotatable bonds is 5. The Kier molecular flexibility index (Phi) is 6.19. The van der Waals surface area contributed by atoms with Crippen molar-refractivity contribution in [1.29, 1.82) is 5.26 Å². The highest BCUT2D eigenvalue weighted by Gasteiger charge is 2.33. The second-order valence-electron chi connectivity index (χ2n) is 6.91. The smallest absolute Gasteiger partial charge is 0.225 e. The minimum absolute atomic E-state index is 0.0105. The first kappa shape index (κ1) is 17.5. The van der Waals surface area contributed by atoms with Crippen LogP contribution in [0, 0.1) is 16.7 Å². The van der Waals surface area contributed by atoms with Gasteiger partial charge in [-0.2, -0.15) is 5.26 Å². The molecule has 118 valence electrons. The topological polar surface area (TPSA) is 82.0 Å². The van der Waals surface area contributed by atoms with Gasteiger partial charge >= 0.3 is 0 Å². The van der Waals surface area contributed by atoms with E-state index in [9.17, 15) is 14.9 Å². The van der Waals surface area contributed by atoms with Crippen LogP contribution in [-0.4, -0.2) is 23.9 Å². The SMILES string of the molecule is CC(C)(C)C(=O)NCCCC(=O)NC1(C#N)CCCCC1. The van der Waals surface area contributed by atoms with Gasteiger partial charge in [0, 0.05) is 18.4 Å². The highest BCUT2D eigenvalue weighted by Crippen LogP contribution is 2.27. The van der Waals surface area contributed by atoms with Crippen molar-refractivity contribution in [2.45, 2.75) is 71.3 Å². The molecule has 0 saturated heterocycles. The molecule has 21 heavy (non-hydrogen) atoms. The summed E-state index contributed by atoms with van der Waals surface area (Å²) in [6, 6.07) is 2.28. The van der Waals surface area contributed by atoms with Crippen molar-refractivity contribution in [3.05, 3.63) is 0 Å². The molecule has 0 aromatic carbocycles. The Bertz CT molecular complexity index is 412. The molecule has 1 aliphatic carbocycles. The summed E-state index contributed by atoms with van der Waals surface area (Å²) in [5.74, 6) is -0.104. The van der Waals surface area contributed by atoms with Gasteiger partial charge in [-0.1, -0.05) is 40.0 Å². The molecule has 0 bridgehead atoms. The molecule has 2 N–H and O–H groups in total. The Hall–Kier alpha value is -1.57. The van der Waals surface area contributed by atoms with E-state index in [1.807, 2.05) is 20.8 Å². The quantitative estimate of drug-likeness (QED) is 0.763. The van der Waals surface area contributed by atoms with Gasteiger partial charge in [0.15, 0.2) is 0 Å².